The van der Waals surface area contributed by atoms with E-state index in [0.29, 0.717) is 0 Å². The number of rotatable bonds is 0. The summed E-state index contributed by atoms with van der Waals surface area (Å²) in [6.45, 7) is 0. The zero-order valence-electron chi connectivity index (χ0n) is 6.53. The number of quaternary nitrogens is 1. The van der Waals surface area contributed by atoms with Crippen LogP contribution in [0.25, 0.3) is 0 Å². The molecule has 1 aliphatic heterocycles. The van der Waals surface area contributed by atoms with Gasteiger partial charge in [0.1, 0.15) is 6.20 Å². The van der Waals surface area contributed by atoms with E-state index in [1.807, 2.05) is 36.5 Å². The normalized spacial score (nSPS) is 25.9. The SMILES string of the molecule is [O-][NH+]1C=CC2=CC=CC=CC2=C1. The number of nitrogens with one attached hydrogen (secondary N) is 1. The van der Waals surface area contributed by atoms with E-state index in [1.165, 1.54) is 0 Å². The van der Waals surface area contributed by atoms with Gasteiger partial charge in [-0.3, -0.25) is 0 Å². The highest BCUT2D eigenvalue weighted by molar-refractivity contribution is 5.50. The van der Waals surface area contributed by atoms with E-state index in [9.17, 15) is 5.21 Å². The van der Waals surface area contributed by atoms with Crippen LogP contribution in [-0.2, 0) is 0 Å². The third kappa shape index (κ3) is 1.30. The number of allylic oxidation sites excluding steroid dienone is 8. The molecular weight excluding hydrogens is 150 g/mol. The van der Waals surface area contributed by atoms with Crippen LogP contribution in [-0.4, -0.2) is 0 Å². The van der Waals surface area contributed by atoms with Crippen LogP contribution in [0.4, 0.5) is 0 Å². The second-order valence-electron chi connectivity index (χ2n) is 2.70. The Kier molecular flexibility index (Phi) is 1.78. The van der Waals surface area contributed by atoms with Crippen molar-refractivity contribution in [2.24, 2.45) is 0 Å². The minimum absolute atomic E-state index is 0.0636. The lowest BCUT2D eigenvalue weighted by Gasteiger charge is -2.17. The smallest absolute Gasteiger partial charge is 0.107 e. The fourth-order valence-corrected chi connectivity index (χ4v) is 1.23. The topological polar surface area (TPSA) is 27.5 Å². The highest BCUT2D eigenvalue weighted by atomic mass is 16.5. The standard InChI is InChI=1S/C10H9NO/c12-11-7-6-9-4-2-1-3-5-10(9)8-11/h1-8,11H. The van der Waals surface area contributed by atoms with E-state index in [0.717, 1.165) is 11.1 Å². The second kappa shape index (κ2) is 2.93. The molecule has 1 N–H and O–H groups in total. The van der Waals surface area contributed by atoms with Crippen molar-refractivity contribution in [1.82, 2.24) is 0 Å². The fourth-order valence-electron chi connectivity index (χ4n) is 1.23. The van der Waals surface area contributed by atoms with Crippen LogP contribution >= 0.6 is 0 Å². The Balaban J connectivity index is 2.42. The monoisotopic (exact) mass is 159 g/mol. The molecule has 0 radical (unpaired) electrons. The fraction of sp³-hybridized carbons (Fsp3) is 0. The third-order valence-electron chi connectivity index (χ3n) is 1.83. The van der Waals surface area contributed by atoms with Crippen LogP contribution in [0.15, 0.2) is 60.0 Å². The predicted molar refractivity (Wildman–Crippen MR) is 47.9 cm³/mol. The maximum absolute atomic E-state index is 11.0. The van der Waals surface area contributed by atoms with Crippen molar-refractivity contribution in [3.63, 3.8) is 0 Å². The molecule has 0 amide bonds. The predicted octanol–water partition coefficient (Wildman–Crippen LogP) is 0.833. The van der Waals surface area contributed by atoms with E-state index in [4.69, 9.17) is 0 Å². The molecule has 0 aromatic heterocycles. The van der Waals surface area contributed by atoms with Crippen LogP contribution in [0, 0.1) is 5.21 Å². The summed E-state index contributed by atoms with van der Waals surface area (Å²) in [5.41, 5.74) is 2.09. The molecule has 1 atom stereocenters. The van der Waals surface area contributed by atoms with Gasteiger partial charge in [-0.05, 0) is 11.6 Å². The van der Waals surface area contributed by atoms with Gasteiger partial charge in [0.2, 0.25) is 0 Å². The molecule has 0 bridgehead atoms. The van der Waals surface area contributed by atoms with Crippen molar-refractivity contribution < 1.29 is 5.06 Å². The molecular formula is C10H9NO. The van der Waals surface area contributed by atoms with Crippen LogP contribution in [0.3, 0.4) is 0 Å². The van der Waals surface area contributed by atoms with Gasteiger partial charge in [-0.25, -0.2) is 0 Å². The van der Waals surface area contributed by atoms with Gasteiger partial charge < -0.3 is 10.3 Å². The van der Waals surface area contributed by atoms with Crippen molar-refractivity contribution in [2.45, 2.75) is 0 Å². The largest absolute Gasteiger partial charge is 0.624 e. The van der Waals surface area contributed by atoms with Gasteiger partial charge in [-0.15, -0.1) is 0 Å². The molecule has 1 aliphatic carbocycles. The van der Waals surface area contributed by atoms with Gasteiger partial charge in [0.25, 0.3) is 0 Å². The summed E-state index contributed by atoms with van der Waals surface area (Å²) in [6.07, 6.45) is 14.9. The number of hydrogen-bond acceptors (Lipinski definition) is 1. The van der Waals surface area contributed by atoms with Crippen LogP contribution < -0.4 is 5.06 Å². The highest BCUT2D eigenvalue weighted by Gasteiger charge is 2.06. The van der Waals surface area contributed by atoms with E-state index in [-0.39, 0.29) is 5.06 Å². The lowest BCUT2D eigenvalue weighted by molar-refractivity contribution is -0.731. The Morgan fingerprint density at radius 3 is 2.83 bits per heavy atom. The molecule has 0 spiro atoms. The summed E-state index contributed by atoms with van der Waals surface area (Å²) in [7, 11) is 0. The zero-order valence-corrected chi connectivity index (χ0v) is 6.53. The van der Waals surface area contributed by atoms with Crippen molar-refractivity contribution >= 4 is 0 Å². The third-order valence-corrected chi connectivity index (χ3v) is 1.83. The van der Waals surface area contributed by atoms with E-state index in [1.54, 1.807) is 12.4 Å². The average molecular weight is 159 g/mol. The Labute approximate surface area is 71.1 Å². The van der Waals surface area contributed by atoms with Crippen LogP contribution in [0.2, 0.25) is 0 Å². The second-order valence-corrected chi connectivity index (χ2v) is 2.70. The molecule has 0 fully saturated rings. The molecule has 2 heteroatoms. The van der Waals surface area contributed by atoms with Gasteiger partial charge in [-0.1, -0.05) is 24.3 Å². The molecule has 1 heterocycles. The van der Waals surface area contributed by atoms with Crippen LogP contribution in [0.5, 0.6) is 0 Å². The summed E-state index contributed by atoms with van der Waals surface area (Å²) < 4.78 is 0. The number of hydroxylamine groups is 2. The van der Waals surface area contributed by atoms with E-state index >= 15 is 0 Å². The van der Waals surface area contributed by atoms with Crippen molar-refractivity contribution in [3.05, 3.63) is 65.2 Å². The highest BCUT2D eigenvalue weighted by Crippen LogP contribution is 2.15. The first-order valence-electron chi connectivity index (χ1n) is 3.85. The Morgan fingerprint density at radius 2 is 1.92 bits per heavy atom. The molecule has 1 unspecified atom stereocenters. The lowest BCUT2D eigenvalue weighted by Crippen LogP contribution is -2.97. The number of fused-ring (bicyclic) bond motifs is 1. The van der Waals surface area contributed by atoms with Gasteiger partial charge in [0, 0.05) is 11.6 Å². The summed E-state index contributed by atoms with van der Waals surface area (Å²) in [5.74, 6) is 0. The van der Waals surface area contributed by atoms with Crippen molar-refractivity contribution in [2.75, 3.05) is 0 Å². The first kappa shape index (κ1) is 7.28. The molecule has 0 aromatic rings. The Hall–Kier alpha value is -1.38. The molecule has 60 valence electrons. The van der Waals surface area contributed by atoms with E-state index in [2.05, 4.69) is 0 Å². The molecule has 0 saturated carbocycles. The molecule has 2 aliphatic rings. The van der Waals surface area contributed by atoms with Gasteiger partial charge in [0.05, 0.1) is 6.20 Å². The van der Waals surface area contributed by atoms with Gasteiger partial charge in [-0.2, -0.15) is 0 Å². The quantitative estimate of drug-likeness (QED) is 0.521. The summed E-state index contributed by atoms with van der Waals surface area (Å²) in [5, 5.41) is 11.0. The Morgan fingerprint density at radius 1 is 1.00 bits per heavy atom. The van der Waals surface area contributed by atoms with Crippen molar-refractivity contribution in [1.29, 1.82) is 0 Å². The number of hydrogen-bond donors (Lipinski definition) is 1. The first-order valence-corrected chi connectivity index (χ1v) is 3.85. The maximum atomic E-state index is 11.0. The maximum Gasteiger partial charge on any atom is 0.107 e. The molecule has 12 heavy (non-hydrogen) atoms. The van der Waals surface area contributed by atoms with E-state index < -0.39 is 0 Å². The summed E-state index contributed by atoms with van der Waals surface area (Å²) in [6, 6.07) is 0. The molecule has 0 saturated heterocycles. The minimum Gasteiger partial charge on any atom is -0.624 e. The van der Waals surface area contributed by atoms with Gasteiger partial charge in [0.15, 0.2) is 0 Å². The zero-order chi connectivity index (χ0) is 8.39. The molecule has 2 rings (SSSR count). The minimum atomic E-state index is 0.0636. The lowest BCUT2D eigenvalue weighted by atomic mass is 10.1. The molecule has 2 nitrogen and oxygen atoms in total. The summed E-state index contributed by atoms with van der Waals surface area (Å²) >= 11 is 0. The average Bonchev–Trinajstić information content (AvgIpc) is 2.28. The van der Waals surface area contributed by atoms with Crippen LogP contribution in [0.1, 0.15) is 0 Å². The first-order chi connectivity index (χ1) is 5.86. The summed E-state index contributed by atoms with van der Waals surface area (Å²) in [4.78, 5) is 0. The van der Waals surface area contributed by atoms with Gasteiger partial charge >= 0.3 is 0 Å². The Bertz CT molecular complexity index is 332. The molecule has 0 aromatic carbocycles. The van der Waals surface area contributed by atoms with Crippen molar-refractivity contribution in [3.8, 4) is 0 Å².